The zero-order valence-corrected chi connectivity index (χ0v) is 27.2. The van der Waals surface area contributed by atoms with Crippen LogP contribution in [0.4, 0.5) is 5.69 Å². The molecule has 0 saturated heterocycles. The minimum atomic E-state index is -4.11. The van der Waals surface area contributed by atoms with Gasteiger partial charge < -0.3 is 19.5 Å². The summed E-state index contributed by atoms with van der Waals surface area (Å²) in [6.45, 7) is 5.47. The summed E-state index contributed by atoms with van der Waals surface area (Å²) in [6, 6.07) is 11.3. The van der Waals surface area contributed by atoms with E-state index in [9.17, 15) is 18.3 Å². The summed E-state index contributed by atoms with van der Waals surface area (Å²) in [6.07, 6.45) is 7.43. The number of carbonyl (C=O) groups excluding carboxylic acids is 1. The van der Waals surface area contributed by atoms with Crippen molar-refractivity contribution in [3.05, 3.63) is 70.3 Å². The first-order valence-electron chi connectivity index (χ1n) is 15.8. The first-order valence-corrected chi connectivity index (χ1v) is 17.7. The Morgan fingerprint density at radius 3 is 2.73 bits per heavy atom. The van der Waals surface area contributed by atoms with Crippen LogP contribution in [0.1, 0.15) is 67.4 Å². The zero-order chi connectivity index (χ0) is 31.2. The van der Waals surface area contributed by atoms with Gasteiger partial charge in [0.25, 0.3) is 5.91 Å². The van der Waals surface area contributed by atoms with Gasteiger partial charge in [0.1, 0.15) is 11.0 Å². The highest BCUT2D eigenvalue weighted by Crippen LogP contribution is 2.46. The van der Waals surface area contributed by atoms with Crippen LogP contribution in [0.3, 0.4) is 0 Å². The molecule has 6 rings (SSSR count). The molecule has 238 valence electrons. The lowest BCUT2D eigenvalue weighted by Gasteiger charge is -2.45. The second-order valence-corrected chi connectivity index (χ2v) is 15.7. The Labute approximate surface area is 265 Å². The maximum absolute atomic E-state index is 13.6. The van der Waals surface area contributed by atoms with Gasteiger partial charge in [-0.15, -0.1) is 0 Å². The Balaban J connectivity index is 1.43. The molecule has 4 aliphatic rings. The third kappa shape index (κ3) is 5.88. The Kier molecular flexibility index (Phi) is 8.78. The summed E-state index contributed by atoms with van der Waals surface area (Å²) in [4.78, 5) is 15.9. The van der Waals surface area contributed by atoms with Crippen LogP contribution in [0, 0.1) is 17.8 Å². The molecule has 2 aromatic rings. The van der Waals surface area contributed by atoms with Crippen LogP contribution >= 0.6 is 11.6 Å². The quantitative estimate of drug-likeness (QED) is 0.431. The van der Waals surface area contributed by atoms with Gasteiger partial charge in [-0.25, -0.2) is 13.1 Å². The maximum Gasteiger partial charge on any atom is 0.264 e. The number of nitrogens with zero attached hydrogens (tertiary/aromatic N) is 1. The number of hydrogen-bond acceptors (Lipinski definition) is 7. The van der Waals surface area contributed by atoms with Gasteiger partial charge >= 0.3 is 0 Å². The number of aryl methyl sites for hydroxylation is 1. The Morgan fingerprint density at radius 1 is 1.18 bits per heavy atom. The number of carbonyl (C=O) groups is 1. The van der Waals surface area contributed by atoms with Gasteiger partial charge in [0.05, 0.1) is 24.5 Å². The topological polar surface area (TPSA) is 105 Å². The minimum absolute atomic E-state index is 0.0808. The average molecular weight is 643 g/mol. The van der Waals surface area contributed by atoms with Crippen molar-refractivity contribution in [1.29, 1.82) is 0 Å². The van der Waals surface area contributed by atoms with E-state index in [0.29, 0.717) is 31.9 Å². The summed E-state index contributed by atoms with van der Waals surface area (Å²) < 4.78 is 41.8. The molecule has 2 N–H and O–H groups in total. The van der Waals surface area contributed by atoms with E-state index >= 15 is 0 Å². The number of rotatable bonds is 2. The van der Waals surface area contributed by atoms with E-state index < -0.39 is 33.4 Å². The highest BCUT2D eigenvalue weighted by Gasteiger charge is 2.44. The molecular formula is C34H43ClN2O6S. The van der Waals surface area contributed by atoms with Gasteiger partial charge in [-0.2, -0.15) is 0 Å². The van der Waals surface area contributed by atoms with E-state index in [0.717, 1.165) is 42.8 Å². The van der Waals surface area contributed by atoms with E-state index in [1.165, 1.54) is 18.2 Å². The summed E-state index contributed by atoms with van der Waals surface area (Å²) in [7, 11) is -2.63. The van der Waals surface area contributed by atoms with Crippen LogP contribution in [-0.4, -0.2) is 63.7 Å². The second kappa shape index (κ2) is 12.3. The van der Waals surface area contributed by atoms with Crippen molar-refractivity contribution < 1.29 is 27.8 Å². The van der Waals surface area contributed by atoms with Crippen LogP contribution in [-0.2, 0) is 26.6 Å². The molecule has 2 aliphatic carbocycles. The summed E-state index contributed by atoms with van der Waals surface area (Å²) in [5.74, 6) is -0.00166. The third-order valence-electron chi connectivity index (χ3n) is 10.3. The number of aliphatic hydroxyl groups is 1. The predicted octanol–water partition coefficient (Wildman–Crippen LogP) is 5.26. The lowest BCUT2D eigenvalue weighted by Crippen LogP contribution is -2.49. The van der Waals surface area contributed by atoms with Gasteiger partial charge in [-0.05, 0) is 97.7 Å². The largest absolute Gasteiger partial charge is 0.490 e. The number of sulfonamides is 1. The molecule has 0 aromatic heterocycles. The van der Waals surface area contributed by atoms with Crippen LogP contribution < -0.4 is 14.4 Å². The number of halogens is 1. The summed E-state index contributed by atoms with van der Waals surface area (Å²) in [5, 5.41) is 11.0. The average Bonchev–Trinajstić information content (AvgIpc) is 3.10. The smallest absolute Gasteiger partial charge is 0.264 e. The van der Waals surface area contributed by atoms with Gasteiger partial charge in [-0.1, -0.05) is 43.7 Å². The minimum Gasteiger partial charge on any atom is -0.490 e. The Bertz CT molecular complexity index is 1540. The van der Waals surface area contributed by atoms with E-state index in [1.54, 1.807) is 38.1 Å². The summed E-state index contributed by atoms with van der Waals surface area (Å²) in [5.41, 5.74) is 3.24. The van der Waals surface area contributed by atoms with Crippen LogP contribution in [0.25, 0.3) is 0 Å². The molecule has 8 nitrogen and oxygen atoms in total. The molecule has 1 amide bonds. The number of fused-ring (bicyclic) bond motifs is 4. The van der Waals surface area contributed by atoms with E-state index in [2.05, 4.69) is 21.8 Å². The molecule has 6 atom stereocenters. The van der Waals surface area contributed by atoms with Gasteiger partial charge in [0.2, 0.25) is 10.0 Å². The third-order valence-corrected chi connectivity index (χ3v) is 12.6. The zero-order valence-electron chi connectivity index (χ0n) is 25.7. The molecule has 2 aromatic carbocycles. The number of amides is 1. The molecule has 1 spiro atoms. The van der Waals surface area contributed by atoms with Crippen molar-refractivity contribution in [2.24, 2.45) is 17.8 Å². The molecule has 1 fully saturated rings. The fourth-order valence-electron chi connectivity index (χ4n) is 7.91. The maximum atomic E-state index is 13.6. The molecule has 2 aliphatic heterocycles. The molecule has 10 heteroatoms. The SMILES string of the molecule is CO[C@@H]1C/C=C\[C@H](O)[C@@H]2CC[C@H]2CN2C[C@@]3(CCCc4cc(Cl)ccc43)COc3ccc(cc32)C(=O)NS(=O)(=O)[C@H]1C(C)C. The van der Waals surface area contributed by atoms with E-state index in [1.807, 2.05) is 12.1 Å². The van der Waals surface area contributed by atoms with Crippen molar-refractivity contribution in [2.45, 2.75) is 75.2 Å². The molecule has 2 bridgehead atoms. The van der Waals surface area contributed by atoms with Crippen LogP contribution in [0.15, 0.2) is 48.6 Å². The number of anilines is 1. The molecule has 44 heavy (non-hydrogen) atoms. The summed E-state index contributed by atoms with van der Waals surface area (Å²) >= 11 is 6.40. The lowest BCUT2D eigenvalue weighted by molar-refractivity contribution is 0.0450. The fourth-order valence-corrected chi connectivity index (χ4v) is 9.96. The predicted molar refractivity (Wildman–Crippen MR) is 172 cm³/mol. The van der Waals surface area contributed by atoms with E-state index in [-0.39, 0.29) is 28.7 Å². The van der Waals surface area contributed by atoms with Crippen LogP contribution in [0.5, 0.6) is 5.75 Å². The Hall–Kier alpha value is -2.59. The molecule has 1 saturated carbocycles. The number of ether oxygens (including phenoxy) is 2. The first-order chi connectivity index (χ1) is 21.0. The highest BCUT2D eigenvalue weighted by atomic mass is 35.5. The van der Waals surface area contributed by atoms with Crippen LogP contribution in [0.2, 0.25) is 5.02 Å². The number of benzene rings is 2. The van der Waals surface area contributed by atoms with Gasteiger partial charge in [0, 0.05) is 36.2 Å². The number of hydrogen-bond donors (Lipinski definition) is 2. The Morgan fingerprint density at radius 2 is 2.00 bits per heavy atom. The highest BCUT2D eigenvalue weighted by molar-refractivity contribution is 7.90. The van der Waals surface area contributed by atoms with Gasteiger partial charge in [0.15, 0.2) is 0 Å². The van der Waals surface area contributed by atoms with Crippen molar-refractivity contribution >= 4 is 33.2 Å². The monoisotopic (exact) mass is 642 g/mol. The fraction of sp³-hybridized carbons (Fsp3) is 0.559. The van der Waals surface area contributed by atoms with Gasteiger partial charge in [-0.3, -0.25) is 4.79 Å². The van der Waals surface area contributed by atoms with Crippen molar-refractivity contribution in [3.63, 3.8) is 0 Å². The van der Waals surface area contributed by atoms with Crippen molar-refractivity contribution in [2.75, 3.05) is 31.7 Å². The number of nitrogens with one attached hydrogen (secondary N) is 1. The normalized spacial score (nSPS) is 32.5. The lowest BCUT2D eigenvalue weighted by atomic mass is 9.68. The second-order valence-electron chi connectivity index (χ2n) is 13.4. The molecule has 0 radical (unpaired) electrons. The molecular weight excluding hydrogens is 600 g/mol. The molecule has 2 heterocycles. The van der Waals surface area contributed by atoms with Crippen molar-refractivity contribution in [1.82, 2.24) is 4.72 Å². The standard InChI is InChI=1S/C34H43ClN2O6S/c1-21(2)32-31(42-3)8-4-7-29(38)26-12-9-24(26)18-37-19-34(15-5-6-22-16-25(35)11-13-27(22)34)20-43-30-14-10-23(17-28(30)37)33(39)36-44(32,40)41/h4,7,10-11,13-14,16-17,21,24,26,29,31-32,38H,5-6,8-9,12,15,18-20H2,1-3H3,(H,36,39)/b7-4-/t24-,26+,29-,31+,32-,34-/m0/s1. The molecule has 0 unspecified atom stereocenters. The first kappa shape index (κ1) is 31.4. The van der Waals surface area contributed by atoms with Crippen molar-refractivity contribution in [3.8, 4) is 5.75 Å². The number of methoxy groups -OCH3 is 1. The number of aliphatic hydroxyl groups excluding tert-OH is 1. The van der Waals surface area contributed by atoms with E-state index in [4.69, 9.17) is 21.1 Å².